The zero-order chi connectivity index (χ0) is 25.2. The van der Waals surface area contributed by atoms with E-state index < -0.39 is 35.8 Å². The number of carbonyl (C=O) groups excluding carboxylic acids is 2. The van der Waals surface area contributed by atoms with E-state index in [1.54, 1.807) is 33.0 Å². The monoisotopic (exact) mass is 478 g/mol. The summed E-state index contributed by atoms with van der Waals surface area (Å²) >= 11 is 0. The Morgan fingerprint density at radius 1 is 1.06 bits per heavy atom. The summed E-state index contributed by atoms with van der Waals surface area (Å²) in [6.45, 7) is 5.26. The molecule has 1 aliphatic heterocycles. The highest BCUT2D eigenvalue weighted by molar-refractivity contribution is 5.81. The third-order valence-electron chi connectivity index (χ3n) is 6.11. The summed E-state index contributed by atoms with van der Waals surface area (Å²) in [6.07, 6.45) is 2.51. The Labute approximate surface area is 204 Å². The second-order valence-electron chi connectivity index (χ2n) is 9.76. The molecule has 2 amide bonds. The number of carbonyl (C=O) groups is 3. The van der Waals surface area contributed by atoms with Gasteiger partial charge in [0.05, 0.1) is 0 Å². The molecule has 0 fully saturated rings. The van der Waals surface area contributed by atoms with Crippen LogP contribution in [0.5, 0.6) is 0 Å². The summed E-state index contributed by atoms with van der Waals surface area (Å²) in [6, 6.07) is 14.5. The van der Waals surface area contributed by atoms with Crippen molar-refractivity contribution in [1.82, 2.24) is 10.2 Å². The first-order chi connectivity index (χ1) is 16.6. The third kappa shape index (κ3) is 5.48. The van der Waals surface area contributed by atoms with Gasteiger partial charge in [-0.1, -0.05) is 54.6 Å². The number of fused-ring (bicyclic) bond motifs is 3. The van der Waals surface area contributed by atoms with Gasteiger partial charge in [0, 0.05) is 18.2 Å². The first-order valence-electron chi connectivity index (χ1n) is 11.7. The molecule has 1 heterocycles. The molecule has 2 aromatic rings. The number of amides is 2. The minimum atomic E-state index is -1.21. The van der Waals surface area contributed by atoms with Gasteiger partial charge in [0.15, 0.2) is 0 Å². The van der Waals surface area contributed by atoms with Crippen molar-refractivity contribution in [3.05, 3.63) is 71.9 Å². The maximum absolute atomic E-state index is 13.0. The summed E-state index contributed by atoms with van der Waals surface area (Å²) in [4.78, 5) is 38.3. The van der Waals surface area contributed by atoms with Crippen molar-refractivity contribution in [2.75, 3.05) is 6.61 Å². The molecular weight excluding hydrogens is 448 g/mol. The summed E-state index contributed by atoms with van der Waals surface area (Å²) in [7, 11) is 0. The predicted octanol–water partition coefficient (Wildman–Crippen LogP) is 4.89. The standard InChI is InChI=1S/C27H30N2O6/c1-27(2,3)35-25(32)28-23(24(30)31)15-17-9-8-14-29(17)26(33)34-16-22-20-12-6-4-10-18(20)19-11-5-7-13-21(19)22/h4-8,10-14,17,22-23H,9,15-16H2,1-3H3,(H,28,32)(H,30,31). The topological polar surface area (TPSA) is 105 Å². The lowest BCUT2D eigenvalue weighted by molar-refractivity contribution is -0.140. The van der Waals surface area contributed by atoms with Crippen LogP contribution in [0.1, 0.15) is 50.7 Å². The molecule has 2 unspecified atom stereocenters. The molecule has 2 atom stereocenters. The first-order valence-corrected chi connectivity index (χ1v) is 11.7. The molecule has 0 aromatic heterocycles. The lowest BCUT2D eigenvalue weighted by Gasteiger charge is -2.27. The summed E-state index contributed by atoms with van der Waals surface area (Å²) in [5, 5.41) is 12.0. The number of benzene rings is 2. The Hall–Kier alpha value is -3.81. The smallest absolute Gasteiger partial charge is 0.414 e. The summed E-state index contributed by atoms with van der Waals surface area (Å²) in [5.41, 5.74) is 3.75. The van der Waals surface area contributed by atoms with E-state index in [0.29, 0.717) is 6.42 Å². The second kappa shape index (κ2) is 9.82. The molecule has 2 aromatic carbocycles. The molecule has 0 radical (unpaired) electrons. The molecule has 0 saturated heterocycles. The zero-order valence-electron chi connectivity index (χ0n) is 20.1. The van der Waals surface area contributed by atoms with Gasteiger partial charge in [-0.15, -0.1) is 0 Å². The predicted molar refractivity (Wildman–Crippen MR) is 130 cm³/mol. The fraction of sp³-hybridized carbons (Fsp3) is 0.370. The minimum absolute atomic E-state index is 0.0196. The lowest BCUT2D eigenvalue weighted by Crippen LogP contribution is -2.47. The van der Waals surface area contributed by atoms with Gasteiger partial charge in [-0.25, -0.2) is 14.4 Å². The SMILES string of the molecule is CC(C)(C)OC(=O)NC(CC1CC=CN1C(=O)OCC1c2ccccc2-c2ccccc21)C(=O)O. The van der Waals surface area contributed by atoms with Gasteiger partial charge in [0.25, 0.3) is 0 Å². The minimum Gasteiger partial charge on any atom is -0.480 e. The van der Waals surface area contributed by atoms with Crippen molar-refractivity contribution in [2.24, 2.45) is 0 Å². The van der Waals surface area contributed by atoms with E-state index in [2.05, 4.69) is 17.4 Å². The van der Waals surface area contributed by atoms with E-state index in [-0.39, 0.29) is 18.9 Å². The summed E-state index contributed by atoms with van der Waals surface area (Å²) in [5.74, 6) is -1.27. The van der Waals surface area contributed by atoms with Crippen LogP contribution < -0.4 is 5.32 Å². The number of carboxylic acid groups (broad SMARTS) is 1. The average molecular weight is 479 g/mol. The second-order valence-corrected chi connectivity index (χ2v) is 9.76. The number of nitrogens with zero attached hydrogens (tertiary/aromatic N) is 1. The average Bonchev–Trinajstić information content (AvgIpc) is 3.38. The van der Waals surface area contributed by atoms with Crippen molar-refractivity contribution in [3.8, 4) is 11.1 Å². The van der Waals surface area contributed by atoms with Crippen LogP contribution in [-0.4, -0.2) is 52.5 Å². The van der Waals surface area contributed by atoms with Crippen LogP contribution in [0, 0.1) is 0 Å². The molecule has 2 N–H and O–H groups in total. The third-order valence-corrected chi connectivity index (χ3v) is 6.11. The molecule has 0 saturated carbocycles. The fourth-order valence-corrected chi connectivity index (χ4v) is 4.60. The van der Waals surface area contributed by atoms with E-state index in [4.69, 9.17) is 9.47 Å². The van der Waals surface area contributed by atoms with Crippen LogP contribution in [0.25, 0.3) is 11.1 Å². The molecule has 8 heteroatoms. The molecule has 184 valence electrons. The molecule has 8 nitrogen and oxygen atoms in total. The Morgan fingerprint density at radius 2 is 1.66 bits per heavy atom. The molecular formula is C27H30N2O6. The van der Waals surface area contributed by atoms with E-state index in [9.17, 15) is 19.5 Å². The highest BCUT2D eigenvalue weighted by Gasteiger charge is 2.34. The number of aliphatic carboxylic acids is 1. The lowest BCUT2D eigenvalue weighted by atomic mass is 9.98. The number of carboxylic acids is 1. The zero-order valence-corrected chi connectivity index (χ0v) is 20.1. The van der Waals surface area contributed by atoms with E-state index in [1.807, 2.05) is 36.4 Å². The molecule has 0 spiro atoms. The quantitative estimate of drug-likeness (QED) is 0.612. The van der Waals surface area contributed by atoms with Gasteiger partial charge in [-0.2, -0.15) is 0 Å². The maximum Gasteiger partial charge on any atom is 0.414 e. The number of alkyl carbamates (subject to hydrolysis) is 1. The molecule has 1 aliphatic carbocycles. The van der Waals surface area contributed by atoms with Crippen LogP contribution in [0.4, 0.5) is 9.59 Å². The van der Waals surface area contributed by atoms with E-state index >= 15 is 0 Å². The van der Waals surface area contributed by atoms with Crippen molar-refractivity contribution >= 4 is 18.2 Å². The van der Waals surface area contributed by atoms with Gasteiger partial charge in [0.2, 0.25) is 0 Å². The molecule has 4 rings (SSSR count). The number of hydrogen-bond donors (Lipinski definition) is 2. The van der Waals surface area contributed by atoms with Crippen LogP contribution in [0.3, 0.4) is 0 Å². The maximum atomic E-state index is 13.0. The Bertz CT molecular complexity index is 1110. The molecule has 0 bridgehead atoms. The number of ether oxygens (including phenoxy) is 2. The Morgan fingerprint density at radius 3 is 2.23 bits per heavy atom. The van der Waals surface area contributed by atoms with Crippen molar-refractivity contribution in [3.63, 3.8) is 0 Å². The largest absolute Gasteiger partial charge is 0.480 e. The highest BCUT2D eigenvalue weighted by atomic mass is 16.6. The van der Waals surface area contributed by atoms with Crippen molar-refractivity contribution < 1.29 is 29.0 Å². The van der Waals surface area contributed by atoms with Crippen molar-refractivity contribution in [1.29, 1.82) is 0 Å². The van der Waals surface area contributed by atoms with Gasteiger partial charge >= 0.3 is 18.2 Å². The highest BCUT2D eigenvalue weighted by Crippen LogP contribution is 2.44. The van der Waals surface area contributed by atoms with Crippen LogP contribution in [0.15, 0.2) is 60.8 Å². The van der Waals surface area contributed by atoms with Gasteiger partial charge in [0.1, 0.15) is 18.2 Å². The molecule has 35 heavy (non-hydrogen) atoms. The summed E-state index contributed by atoms with van der Waals surface area (Å²) < 4.78 is 10.9. The van der Waals surface area contributed by atoms with E-state index in [0.717, 1.165) is 22.3 Å². The Kier molecular flexibility index (Phi) is 6.82. The van der Waals surface area contributed by atoms with Gasteiger partial charge in [-0.05, 0) is 55.9 Å². The first kappa shape index (κ1) is 24.3. The van der Waals surface area contributed by atoms with Crippen LogP contribution in [0.2, 0.25) is 0 Å². The number of rotatable bonds is 6. The van der Waals surface area contributed by atoms with Gasteiger partial charge < -0.3 is 19.9 Å². The van der Waals surface area contributed by atoms with E-state index in [1.165, 1.54) is 4.90 Å². The van der Waals surface area contributed by atoms with Crippen LogP contribution >= 0.6 is 0 Å². The fourth-order valence-electron chi connectivity index (χ4n) is 4.60. The number of nitrogens with one attached hydrogen (secondary N) is 1. The Balaban J connectivity index is 1.40. The van der Waals surface area contributed by atoms with Crippen molar-refractivity contribution in [2.45, 2.75) is 57.2 Å². The normalized spacial score (nSPS) is 17.5. The number of hydrogen-bond acceptors (Lipinski definition) is 5. The molecule has 2 aliphatic rings. The van der Waals surface area contributed by atoms with Gasteiger partial charge in [-0.3, -0.25) is 4.90 Å². The van der Waals surface area contributed by atoms with Crippen LogP contribution in [-0.2, 0) is 14.3 Å².